The van der Waals surface area contributed by atoms with Crippen molar-refractivity contribution in [3.05, 3.63) is 10.6 Å². The maximum atomic E-state index is 11.3. The zero-order valence-corrected chi connectivity index (χ0v) is 12.2. The summed E-state index contributed by atoms with van der Waals surface area (Å²) < 4.78 is 5.35. The lowest BCUT2D eigenvalue weighted by Crippen LogP contribution is -2.27. The monoisotopic (exact) mass is 284 g/mol. The maximum Gasteiger partial charge on any atom is 0.347 e. The molecule has 0 radical (unpaired) electrons. The molecule has 0 aliphatic heterocycles. The Hall–Kier alpha value is -1.14. The van der Waals surface area contributed by atoms with Gasteiger partial charge in [0.1, 0.15) is 4.88 Å². The summed E-state index contributed by atoms with van der Waals surface area (Å²) in [6.07, 6.45) is 2.13. The molecule has 0 saturated heterocycles. The summed E-state index contributed by atoms with van der Waals surface area (Å²) in [5.41, 5.74) is 0.780. The van der Waals surface area contributed by atoms with Crippen LogP contribution in [-0.2, 0) is 4.74 Å². The van der Waals surface area contributed by atoms with Gasteiger partial charge in [-0.3, -0.25) is 0 Å². The highest BCUT2D eigenvalue weighted by Gasteiger charge is 2.32. The third-order valence-corrected chi connectivity index (χ3v) is 4.28. The first-order chi connectivity index (χ1) is 9.17. The second kappa shape index (κ2) is 6.34. The van der Waals surface area contributed by atoms with E-state index in [2.05, 4.69) is 9.88 Å². The van der Waals surface area contributed by atoms with Crippen molar-refractivity contribution in [1.82, 2.24) is 4.98 Å². The van der Waals surface area contributed by atoms with Gasteiger partial charge in [-0.25, -0.2) is 9.78 Å². The number of hydrogen-bond acceptors (Lipinski definition) is 5. The molecule has 0 atom stereocenters. The third-order valence-electron chi connectivity index (χ3n) is 3.16. The number of nitrogens with zero attached hydrogens (tertiary/aromatic N) is 2. The molecule has 1 N–H and O–H groups in total. The molecule has 5 nitrogen and oxygen atoms in total. The molecule has 0 unspecified atom stereocenters. The summed E-state index contributed by atoms with van der Waals surface area (Å²) in [7, 11) is 0. The van der Waals surface area contributed by atoms with Gasteiger partial charge >= 0.3 is 5.97 Å². The molecule has 1 fully saturated rings. The van der Waals surface area contributed by atoms with Gasteiger partial charge in [0.05, 0.1) is 12.3 Å². The Morgan fingerprint density at radius 1 is 1.53 bits per heavy atom. The van der Waals surface area contributed by atoms with Crippen LogP contribution in [-0.4, -0.2) is 42.4 Å². The topological polar surface area (TPSA) is 62.7 Å². The molecule has 1 aliphatic rings. The van der Waals surface area contributed by atoms with Gasteiger partial charge < -0.3 is 14.7 Å². The van der Waals surface area contributed by atoms with Gasteiger partial charge in [0.25, 0.3) is 0 Å². The van der Waals surface area contributed by atoms with Gasteiger partial charge in [0.2, 0.25) is 0 Å². The first kappa shape index (κ1) is 14.3. The molecule has 1 aromatic rings. The molecular weight excluding hydrogens is 264 g/mol. The Balaban J connectivity index is 2.13. The van der Waals surface area contributed by atoms with E-state index in [4.69, 9.17) is 4.74 Å². The molecule has 106 valence electrons. The van der Waals surface area contributed by atoms with E-state index in [1.165, 1.54) is 11.3 Å². The van der Waals surface area contributed by atoms with Gasteiger partial charge in [0.15, 0.2) is 5.13 Å². The molecule has 0 spiro atoms. The normalized spacial score (nSPS) is 14.6. The van der Waals surface area contributed by atoms with Crippen LogP contribution in [0.2, 0.25) is 0 Å². The quantitative estimate of drug-likeness (QED) is 0.743. The van der Waals surface area contributed by atoms with E-state index in [0.29, 0.717) is 24.0 Å². The lowest BCUT2D eigenvalue weighted by molar-refractivity contribution is 0.0700. The van der Waals surface area contributed by atoms with Gasteiger partial charge in [-0.15, -0.1) is 0 Å². The van der Waals surface area contributed by atoms with Crippen LogP contribution in [0.3, 0.4) is 0 Å². The zero-order valence-electron chi connectivity index (χ0n) is 11.4. The van der Waals surface area contributed by atoms with Crippen LogP contribution in [0.1, 0.15) is 48.0 Å². The molecular formula is C13H20N2O3S. The minimum Gasteiger partial charge on any atom is -0.477 e. The van der Waals surface area contributed by atoms with E-state index in [1.807, 2.05) is 13.8 Å². The summed E-state index contributed by atoms with van der Waals surface area (Å²) in [4.78, 5) is 18.3. The van der Waals surface area contributed by atoms with Crippen molar-refractivity contribution < 1.29 is 14.6 Å². The molecule has 0 bridgehead atoms. The van der Waals surface area contributed by atoms with Crippen LogP contribution >= 0.6 is 11.3 Å². The Morgan fingerprint density at radius 2 is 2.26 bits per heavy atom. The van der Waals surface area contributed by atoms with Crippen LogP contribution in [0, 0.1) is 0 Å². The summed E-state index contributed by atoms with van der Waals surface area (Å²) >= 11 is 1.29. The number of carbonyl (C=O) groups is 1. The second-order valence-electron chi connectivity index (χ2n) is 4.57. The van der Waals surface area contributed by atoms with E-state index < -0.39 is 5.97 Å². The predicted octanol–water partition coefficient (Wildman–Crippen LogP) is 2.58. The number of ether oxygens (including phenoxy) is 1. The molecule has 1 aliphatic carbocycles. The number of rotatable bonds is 8. The first-order valence-electron chi connectivity index (χ1n) is 6.74. The summed E-state index contributed by atoms with van der Waals surface area (Å²) in [6, 6.07) is 0. The van der Waals surface area contributed by atoms with E-state index in [9.17, 15) is 9.90 Å². The third kappa shape index (κ3) is 3.45. The van der Waals surface area contributed by atoms with E-state index >= 15 is 0 Å². The Bertz CT molecular complexity index is 443. The van der Waals surface area contributed by atoms with Crippen molar-refractivity contribution in [3.63, 3.8) is 0 Å². The highest BCUT2D eigenvalue weighted by atomic mass is 32.1. The zero-order chi connectivity index (χ0) is 13.8. The fourth-order valence-corrected chi connectivity index (χ4v) is 3.03. The van der Waals surface area contributed by atoms with Crippen LogP contribution in [0.4, 0.5) is 5.13 Å². The number of likely N-dealkylation sites (N-methyl/N-ethyl adjacent to an activating group) is 1. The number of aromatic carboxylic acids is 1. The second-order valence-corrected chi connectivity index (χ2v) is 5.54. The molecule has 0 amide bonds. The minimum absolute atomic E-state index is 0.363. The molecule has 1 saturated carbocycles. The SMILES string of the molecule is CCOCCN(CC)c1nc(C2CC2)c(C(=O)O)s1. The standard InChI is InChI=1S/C13H20N2O3S/c1-3-15(7-8-18-4-2)13-14-10(9-5-6-9)11(19-13)12(16)17/h9H,3-8H2,1-2H3,(H,16,17). The largest absolute Gasteiger partial charge is 0.477 e. The van der Waals surface area contributed by atoms with Crippen molar-refractivity contribution in [2.45, 2.75) is 32.6 Å². The number of hydrogen-bond donors (Lipinski definition) is 1. The number of aromatic nitrogens is 1. The van der Waals surface area contributed by atoms with E-state index in [1.54, 1.807) is 0 Å². The van der Waals surface area contributed by atoms with Crippen molar-refractivity contribution in [1.29, 1.82) is 0 Å². The highest BCUT2D eigenvalue weighted by Crippen LogP contribution is 2.44. The predicted molar refractivity (Wildman–Crippen MR) is 75.4 cm³/mol. The van der Waals surface area contributed by atoms with Gasteiger partial charge in [-0.2, -0.15) is 0 Å². The average Bonchev–Trinajstić information content (AvgIpc) is 3.14. The molecule has 1 aromatic heterocycles. The molecule has 0 aromatic carbocycles. The minimum atomic E-state index is -0.855. The van der Waals surface area contributed by atoms with Crippen molar-refractivity contribution >= 4 is 22.4 Å². The van der Waals surface area contributed by atoms with Crippen LogP contribution in [0.25, 0.3) is 0 Å². The number of anilines is 1. The number of carboxylic acid groups (broad SMARTS) is 1. The summed E-state index contributed by atoms with van der Waals surface area (Å²) in [5.74, 6) is -0.492. The van der Waals surface area contributed by atoms with Crippen LogP contribution < -0.4 is 4.90 Å². The Morgan fingerprint density at radius 3 is 2.79 bits per heavy atom. The fourth-order valence-electron chi connectivity index (χ4n) is 1.95. The van der Waals surface area contributed by atoms with Gasteiger partial charge in [0, 0.05) is 25.6 Å². The number of carboxylic acids is 1. The van der Waals surface area contributed by atoms with Gasteiger partial charge in [-0.05, 0) is 26.7 Å². The average molecular weight is 284 g/mol. The summed E-state index contributed by atoms with van der Waals surface area (Å²) in [5, 5.41) is 10.1. The van der Waals surface area contributed by atoms with E-state index in [-0.39, 0.29) is 0 Å². The molecule has 19 heavy (non-hydrogen) atoms. The first-order valence-corrected chi connectivity index (χ1v) is 7.55. The van der Waals surface area contributed by atoms with Crippen LogP contribution in [0.5, 0.6) is 0 Å². The fraction of sp³-hybridized carbons (Fsp3) is 0.692. The molecule has 1 heterocycles. The van der Waals surface area contributed by atoms with Crippen molar-refractivity contribution in [3.8, 4) is 0 Å². The lowest BCUT2D eigenvalue weighted by Gasteiger charge is -2.19. The summed E-state index contributed by atoms with van der Waals surface area (Å²) in [6.45, 7) is 6.91. The number of thiazole rings is 1. The highest BCUT2D eigenvalue weighted by molar-refractivity contribution is 7.17. The smallest absolute Gasteiger partial charge is 0.347 e. The van der Waals surface area contributed by atoms with E-state index in [0.717, 1.165) is 36.8 Å². The molecule has 2 rings (SSSR count). The Labute approximate surface area is 117 Å². The van der Waals surface area contributed by atoms with Crippen LogP contribution in [0.15, 0.2) is 0 Å². The maximum absolute atomic E-state index is 11.3. The molecule has 6 heteroatoms. The van der Waals surface area contributed by atoms with Crippen molar-refractivity contribution in [2.75, 3.05) is 31.2 Å². The lowest BCUT2D eigenvalue weighted by atomic mass is 10.2. The van der Waals surface area contributed by atoms with Gasteiger partial charge in [-0.1, -0.05) is 11.3 Å². The Kier molecular flexibility index (Phi) is 4.76. The van der Waals surface area contributed by atoms with Crippen molar-refractivity contribution in [2.24, 2.45) is 0 Å².